The lowest BCUT2D eigenvalue weighted by atomic mass is 10.3. The van der Waals surface area contributed by atoms with Crippen LogP contribution < -0.4 is 10.5 Å². The van der Waals surface area contributed by atoms with E-state index in [1.165, 1.54) is 12.8 Å². The van der Waals surface area contributed by atoms with Crippen LogP contribution in [0.25, 0.3) is 0 Å². The van der Waals surface area contributed by atoms with Gasteiger partial charge in [0.2, 0.25) is 0 Å². The van der Waals surface area contributed by atoms with Crippen LogP contribution in [0.1, 0.15) is 12.8 Å². The van der Waals surface area contributed by atoms with Gasteiger partial charge in [0.15, 0.2) is 0 Å². The molecule has 0 amide bonds. The van der Waals surface area contributed by atoms with Crippen molar-refractivity contribution in [3.63, 3.8) is 0 Å². The molecular formula is C14H22N2O2. The van der Waals surface area contributed by atoms with Crippen molar-refractivity contribution >= 4 is 5.69 Å². The van der Waals surface area contributed by atoms with Crippen LogP contribution in [0, 0.1) is 5.92 Å². The van der Waals surface area contributed by atoms with Crippen LogP contribution in [-0.4, -0.2) is 42.9 Å². The summed E-state index contributed by atoms with van der Waals surface area (Å²) in [5.74, 6) is 1.55. The predicted octanol–water partition coefficient (Wildman–Crippen LogP) is 1.35. The standard InChI is InChI=1S/C14H22N2O2/c1-16(8-11-5-6-11)9-13(17)10-18-14-4-2-3-12(15)7-14/h2-4,7,11,13,17H,5-6,8-10,15H2,1H3. The SMILES string of the molecule is CN(CC(O)COc1cccc(N)c1)CC1CC1. The fraction of sp³-hybridized carbons (Fsp3) is 0.571. The summed E-state index contributed by atoms with van der Waals surface area (Å²) in [6, 6.07) is 7.26. The van der Waals surface area contributed by atoms with Crippen molar-refractivity contribution in [2.45, 2.75) is 18.9 Å². The minimum atomic E-state index is -0.463. The second kappa shape index (κ2) is 6.07. The summed E-state index contributed by atoms with van der Waals surface area (Å²) in [6.45, 7) is 2.03. The fourth-order valence-corrected chi connectivity index (χ4v) is 2.02. The summed E-state index contributed by atoms with van der Waals surface area (Å²) in [6.07, 6.45) is 2.20. The number of aliphatic hydroxyl groups is 1. The Labute approximate surface area is 108 Å². The fourth-order valence-electron chi connectivity index (χ4n) is 2.02. The first kappa shape index (κ1) is 13.2. The van der Waals surface area contributed by atoms with Crippen molar-refractivity contribution in [1.82, 2.24) is 4.90 Å². The molecule has 0 saturated heterocycles. The third-order valence-electron chi connectivity index (χ3n) is 3.09. The molecule has 1 aliphatic carbocycles. The molecule has 3 N–H and O–H groups in total. The lowest BCUT2D eigenvalue weighted by Crippen LogP contribution is -2.34. The molecule has 0 bridgehead atoms. The second-order valence-electron chi connectivity index (χ2n) is 5.20. The molecule has 1 aliphatic rings. The van der Waals surface area contributed by atoms with E-state index in [1.54, 1.807) is 6.07 Å². The van der Waals surface area contributed by atoms with Crippen LogP contribution in [0.3, 0.4) is 0 Å². The number of rotatable bonds is 7. The van der Waals surface area contributed by atoms with Gasteiger partial charge >= 0.3 is 0 Å². The van der Waals surface area contributed by atoms with Crippen molar-refractivity contribution < 1.29 is 9.84 Å². The smallest absolute Gasteiger partial charge is 0.121 e. The predicted molar refractivity (Wildman–Crippen MR) is 72.6 cm³/mol. The van der Waals surface area contributed by atoms with Gasteiger partial charge in [0.1, 0.15) is 18.5 Å². The average Bonchev–Trinajstić information content (AvgIpc) is 3.10. The molecule has 4 heteroatoms. The molecule has 0 aromatic heterocycles. The number of ether oxygens (including phenoxy) is 1. The molecule has 1 saturated carbocycles. The van der Waals surface area contributed by atoms with Crippen molar-refractivity contribution in [1.29, 1.82) is 0 Å². The van der Waals surface area contributed by atoms with Crippen molar-refractivity contribution in [3.05, 3.63) is 24.3 Å². The van der Waals surface area contributed by atoms with E-state index in [0.29, 0.717) is 24.6 Å². The number of aliphatic hydroxyl groups excluding tert-OH is 1. The molecule has 1 aromatic rings. The number of nitrogen functional groups attached to an aromatic ring is 1. The molecule has 1 unspecified atom stereocenters. The normalized spacial score (nSPS) is 16.8. The van der Waals surface area contributed by atoms with E-state index in [9.17, 15) is 5.11 Å². The monoisotopic (exact) mass is 250 g/mol. The maximum atomic E-state index is 9.89. The molecule has 2 rings (SSSR count). The van der Waals surface area contributed by atoms with E-state index in [0.717, 1.165) is 12.5 Å². The molecule has 18 heavy (non-hydrogen) atoms. The zero-order valence-corrected chi connectivity index (χ0v) is 10.9. The highest BCUT2D eigenvalue weighted by molar-refractivity contribution is 5.43. The zero-order chi connectivity index (χ0) is 13.0. The maximum absolute atomic E-state index is 9.89. The number of likely N-dealkylation sites (N-methyl/N-ethyl adjacent to an activating group) is 1. The molecule has 1 fully saturated rings. The Hall–Kier alpha value is -1.26. The first-order valence-electron chi connectivity index (χ1n) is 6.48. The molecule has 100 valence electrons. The van der Waals surface area contributed by atoms with Crippen molar-refractivity contribution in [3.8, 4) is 5.75 Å². The number of hydrogen-bond donors (Lipinski definition) is 2. The summed E-state index contributed by atoms with van der Waals surface area (Å²) in [4.78, 5) is 2.17. The lowest BCUT2D eigenvalue weighted by molar-refractivity contribution is 0.0751. The molecule has 4 nitrogen and oxygen atoms in total. The van der Waals surface area contributed by atoms with Gasteiger partial charge in [0.05, 0.1) is 0 Å². The third kappa shape index (κ3) is 4.55. The van der Waals surface area contributed by atoms with E-state index in [4.69, 9.17) is 10.5 Å². The summed E-state index contributed by atoms with van der Waals surface area (Å²) >= 11 is 0. The molecule has 1 aromatic carbocycles. The number of benzene rings is 1. The number of nitrogens with zero attached hydrogens (tertiary/aromatic N) is 1. The molecule has 0 spiro atoms. The van der Waals surface area contributed by atoms with Gasteiger partial charge < -0.3 is 20.5 Å². The Morgan fingerprint density at radius 3 is 2.94 bits per heavy atom. The zero-order valence-electron chi connectivity index (χ0n) is 10.9. The van der Waals surface area contributed by atoms with Crippen molar-refractivity contribution in [2.24, 2.45) is 5.92 Å². The van der Waals surface area contributed by atoms with Gasteiger partial charge in [-0.05, 0) is 37.9 Å². The molecule has 0 heterocycles. The second-order valence-corrected chi connectivity index (χ2v) is 5.20. The van der Waals surface area contributed by atoms with E-state index in [-0.39, 0.29) is 0 Å². The number of hydrogen-bond acceptors (Lipinski definition) is 4. The van der Waals surface area contributed by atoms with Crippen LogP contribution in [0.4, 0.5) is 5.69 Å². The van der Waals surface area contributed by atoms with E-state index in [2.05, 4.69) is 4.90 Å². The topological polar surface area (TPSA) is 58.7 Å². The minimum Gasteiger partial charge on any atom is -0.491 e. The number of anilines is 1. The van der Waals surface area contributed by atoms with Gasteiger partial charge in [-0.1, -0.05) is 6.07 Å². The summed E-state index contributed by atoms with van der Waals surface area (Å²) in [7, 11) is 2.04. The van der Waals surface area contributed by atoms with Crippen LogP contribution in [-0.2, 0) is 0 Å². The minimum absolute atomic E-state index is 0.304. The van der Waals surface area contributed by atoms with Gasteiger partial charge in [-0.25, -0.2) is 0 Å². The molecule has 0 aliphatic heterocycles. The Morgan fingerprint density at radius 1 is 1.50 bits per heavy atom. The van der Waals surface area contributed by atoms with E-state index in [1.807, 2.05) is 25.2 Å². The average molecular weight is 250 g/mol. The van der Waals surface area contributed by atoms with Crippen LogP contribution in [0.5, 0.6) is 5.75 Å². The van der Waals surface area contributed by atoms with Crippen molar-refractivity contribution in [2.75, 3.05) is 32.5 Å². The summed E-state index contributed by atoms with van der Waals surface area (Å²) < 4.78 is 5.51. The molecular weight excluding hydrogens is 228 g/mol. The highest BCUT2D eigenvalue weighted by Crippen LogP contribution is 2.29. The third-order valence-corrected chi connectivity index (χ3v) is 3.09. The first-order chi connectivity index (χ1) is 8.63. The Kier molecular flexibility index (Phi) is 4.44. The van der Waals surface area contributed by atoms with Gasteiger partial charge in [-0.2, -0.15) is 0 Å². The Morgan fingerprint density at radius 2 is 2.28 bits per heavy atom. The van der Waals surface area contributed by atoms with Gasteiger partial charge in [-0.15, -0.1) is 0 Å². The van der Waals surface area contributed by atoms with Gasteiger partial charge in [0, 0.05) is 24.8 Å². The highest BCUT2D eigenvalue weighted by atomic mass is 16.5. The Balaban J connectivity index is 1.68. The van der Waals surface area contributed by atoms with E-state index < -0.39 is 6.10 Å². The van der Waals surface area contributed by atoms with Gasteiger partial charge in [0.25, 0.3) is 0 Å². The Bertz CT molecular complexity index is 380. The van der Waals surface area contributed by atoms with Crippen LogP contribution >= 0.6 is 0 Å². The van der Waals surface area contributed by atoms with E-state index >= 15 is 0 Å². The van der Waals surface area contributed by atoms with Gasteiger partial charge in [-0.3, -0.25) is 0 Å². The highest BCUT2D eigenvalue weighted by Gasteiger charge is 2.23. The first-order valence-corrected chi connectivity index (χ1v) is 6.48. The number of nitrogens with two attached hydrogens (primary N) is 1. The lowest BCUT2D eigenvalue weighted by Gasteiger charge is -2.20. The molecule has 0 radical (unpaired) electrons. The van der Waals surface area contributed by atoms with Crippen LogP contribution in [0.2, 0.25) is 0 Å². The summed E-state index contributed by atoms with van der Waals surface area (Å²) in [5.41, 5.74) is 6.33. The molecule has 1 atom stereocenters. The quantitative estimate of drug-likeness (QED) is 0.717. The largest absolute Gasteiger partial charge is 0.491 e. The maximum Gasteiger partial charge on any atom is 0.121 e. The van der Waals surface area contributed by atoms with Crippen LogP contribution in [0.15, 0.2) is 24.3 Å². The summed E-state index contributed by atoms with van der Waals surface area (Å²) in [5, 5.41) is 9.89.